The lowest BCUT2D eigenvalue weighted by Crippen LogP contribution is -2.51. The zero-order valence-corrected chi connectivity index (χ0v) is 17.3. The van der Waals surface area contributed by atoms with E-state index in [0.717, 1.165) is 58.3 Å². The molecule has 30 heavy (non-hydrogen) atoms. The van der Waals surface area contributed by atoms with E-state index >= 15 is 0 Å². The number of nitrogens with one attached hydrogen (secondary N) is 1. The van der Waals surface area contributed by atoms with Crippen LogP contribution in [0.1, 0.15) is 41.7 Å². The van der Waals surface area contributed by atoms with Gasteiger partial charge in [-0.25, -0.2) is 0 Å². The van der Waals surface area contributed by atoms with Gasteiger partial charge < -0.3 is 14.7 Å². The van der Waals surface area contributed by atoms with E-state index in [4.69, 9.17) is 4.52 Å². The number of carbonyl (C=O) groups excluding carboxylic acids is 2. The average molecular weight is 411 g/mol. The molecule has 3 heterocycles. The summed E-state index contributed by atoms with van der Waals surface area (Å²) in [6.45, 7) is 3.98. The number of nitrogens with zero attached hydrogens (tertiary/aromatic N) is 3. The van der Waals surface area contributed by atoms with Crippen molar-refractivity contribution in [1.82, 2.24) is 20.3 Å². The van der Waals surface area contributed by atoms with Crippen LogP contribution in [-0.4, -0.2) is 65.5 Å². The van der Waals surface area contributed by atoms with E-state index < -0.39 is 0 Å². The van der Waals surface area contributed by atoms with Crippen molar-refractivity contribution >= 4 is 11.8 Å². The molecule has 0 saturated carbocycles. The molecular formula is C23H30N4O3. The molecule has 1 N–H and O–H groups in total. The van der Waals surface area contributed by atoms with E-state index in [-0.39, 0.29) is 17.7 Å². The summed E-state index contributed by atoms with van der Waals surface area (Å²) in [5, 5.41) is 6.88. The number of piperidine rings is 2. The van der Waals surface area contributed by atoms with Crippen LogP contribution < -0.4 is 5.32 Å². The number of carbonyl (C=O) groups is 2. The Bertz CT molecular complexity index is 816. The Kier molecular flexibility index (Phi) is 6.79. The van der Waals surface area contributed by atoms with Gasteiger partial charge in [0.15, 0.2) is 5.69 Å². The zero-order chi connectivity index (χ0) is 20.8. The van der Waals surface area contributed by atoms with E-state index in [1.54, 1.807) is 6.07 Å². The van der Waals surface area contributed by atoms with Crippen LogP contribution in [0.5, 0.6) is 0 Å². The van der Waals surface area contributed by atoms with Gasteiger partial charge in [-0.1, -0.05) is 35.5 Å². The van der Waals surface area contributed by atoms with Crippen LogP contribution in [0.3, 0.4) is 0 Å². The number of hydrogen-bond donors (Lipinski definition) is 1. The van der Waals surface area contributed by atoms with Gasteiger partial charge in [0.05, 0.1) is 5.92 Å². The Balaban J connectivity index is 1.22. The molecule has 7 nitrogen and oxygen atoms in total. The van der Waals surface area contributed by atoms with Crippen LogP contribution in [-0.2, 0) is 11.2 Å². The van der Waals surface area contributed by atoms with Gasteiger partial charge in [-0.05, 0) is 44.2 Å². The van der Waals surface area contributed by atoms with Crippen LogP contribution in [0.4, 0.5) is 0 Å². The first-order chi connectivity index (χ1) is 14.7. The maximum absolute atomic E-state index is 12.7. The normalized spacial score (nSPS) is 20.8. The molecule has 0 radical (unpaired) electrons. The first-order valence-corrected chi connectivity index (χ1v) is 11.0. The lowest BCUT2D eigenvalue weighted by molar-refractivity contribution is -0.127. The first kappa shape index (κ1) is 20.6. The van der Waals surface area contributed by atoms with Crippen molar-refractivity contribution in [2.45, 2.75) is 38.1 Å². The van der Waals surface area contributed by atoms with Gasteiger partial charge in [-0.15, -0.1) is 0 Å². The monoisotopic (exact) mass is 410 g/mol. The molecule has 160 valence electrons. The quantitative estimate of drug-likeness (QED) is 0.791. The Morgan fingerprint density at radius 1 is 1.07 bits per heavy atom. The topological polar surface area (TPSA) is 78.7 Å². The van der Waals surface area contributed by atoms with Crippen molar-refractivity contribution in [3.05, 3.63) is 53.9 Å². The molecule has 0 bridgehead atoms. The number of likely N-dealkylation sites (tertiary alicyclic amines) is 2. The third-order valence-electron chi connectivity index (χ3n) is 6.30. The van der Waals surface area contributed by atoms with Gasteiger partial charge in [0.2, 0.25) is 5.91 Å². The standard InChI is InChI=1S/C23H30N4O3/c28-22(24-12-8-18-5-2-1-3-6-18)19-7-4-13-27(17-19)20-9-14-26(15-10-20)23(29)21-11-16-30-25-21/h1-3,5-6,11,16,19-20H,4,7-10,12-15,17H2,(H,24,28)/t19-/m1/s1. The molecule has 1 aromatic heterocycles. The molecule has 0 unspecified atom stereocenters. The fourth-order valence-corrected chi connectivity index (χ4v) is 4.59. The van der Waals surface area contributed by atoms with Crippen molar-refractivity contribution < 1.29 is 14.1 Å². The fraction of sp³-hybridized carbons (Fsp3) is 0.522. The lowest BCUT2D eigenvalue weighted by atomic mass is 9.93. The molecule has 2 aromatic rings. The Morgan fingerprint density at radius 2 is 1.87 bits per heavy atom. The molecule has 1 aromatic carbocycles. The summed E-state index contributed by atoms with van der Waals surface area (Å²) >= 11 is 0. The second-order valence-electron chi connectivity index (χ2n) is 8.27. The largest absolute Gasteiger partial charge is 0.364 e. The van der Waals surface area contributed by atoms with E-state index in [0.29, 0.717) is 18.3 Å². The van der Waals surface area contributed by atoms with Gasteiger partial charge in [0, 0.05) is 38.3 Å². The zero-order valence-electron chi connectivity index (χ0n) is 17.3. The van der Waals surface area contributed by atoms with Gasteiger partial charge in [0.1, 0.15) is 6.26 Å². The van der Waals surface area contributed by atoms with E-state index in [1.807, 2.05) is 23.1 Å². The molecule has 2 aliphatic rings. The number of hydrogen-bond acceptors (Lipinski definition) is 5. The van der Waals surface area contributed by atoms with Crippen molar-refractivity contribution in [3.63, 3.8) is 0 Å². The SMILES string of the molecule is O=C(NCCc1ccccc1)[C@@H]1CCCN(C2CCN(C(=O)c3ccon3)CC2)C1. The van der Waals surface area contributed by atoms with Gasteiger partial charge >= 0.3 is 0 Å². The molecule has 0 spiro atoms. The van der Waals surface area contributed by atoms with Crippen LogP contribution in [0, 0.1) is 5.92 Å². The smallest absolute Gasteiger partial charge is 0.276 e. The van der Waals surface area contributed by atoms with Crippen molar-refractivity contribution in [3.8, 4) is 0 Å². The third-order valence-corrected chi connectivity index (χ3v) is 6.30. The molecule has 2 amide bonds. The molecule has 0 aliphatic carbocycles. The third kappa shape index (κ3) is 5.08. The first-order valence-electron chi connectivity index (χ1n) is 11.0. The van der Waals surface area contributed by atoms with E-state index in [9.17, 15) is 9.59 Å². The molecule has 4 rings (SSSR count). The summed E-state index contributed by atoms with van der Waals surface area (Å²) in [5.41, 5.74) is 1.62. The summed E-state index contributed by atoms with van der Waals surface area (Å²) in [6.07, 6.45) is 6.17. The number of benzene rings is 1. The summed E-state index contributed by atoms with van der Waals surface area (Å²) in [6, 6.07) is 12.3. The highest BCUT2D eigenvalue weighted by atomic mass is 16.5. The molecule has 2 aliphatic heterocycles. The molecule has 2 saturated heterocycles. The number of aromatic nitrogens is 1. The van der Waals surface area contributed by atoms with Crippen LogP contribution in [0.25, 0.3) is 0 Å². The van der Waals surface area contributed by atoms with Crippen molar-refractivity contribution in [2.24, 2.45) is 5.92 Å². The average Bonchev–Trinajstić information content (AvgIpc) is 3.34. The van der Waals surface area contributed by atoms with Crippen LogP contribution >= 0.6 is 0 Å². The van der Waals surface area contributed by atoms with Crippen LogP contribution in [0.2, 0.25) is 0 Å². The maximum Gasteiger partial charge on any atom is 0.276 e. The molecular weight excluding hydrogens is 380 g/mol. The summed E-state index contributed by atoms with van der Waals surface area (Å²) < 4.78 is 4.79. The maximum atomic E-state index is 12.7. The summed E-state index contributed by atoms with van der Waals surface area (Å²) in [7, 11) is 0. The Labute approximate surface area is 177 Å². The van der Waals surface area contributed by atoms with E-state index in [2.05, 4.69) is 27.5 Å². The Hall–Kier alpha value is -2.67. The molecule has 7 heteroatoms. The summed E-state index contributed by atoms with van der Waals surface area (Å²) in [4.78, 5) is 29.4. The minimum Gasteiger partial charge on any atom is -0.364 e. The highest BCUT2D eigenvalue weighted by molar-refractivity contribution is 5.92. The number of amides is 2. The minimum atomic E-state index is -0.0588. The second kappa shape index (κ2) is 9.89. The second-order valence-corrected chi connectivity index (χ2v) is 8.27. The lowest BCUT2D eigenvalue weighted by Gasteiger charge is -2.41. The highest BCUT2D eigenvalue weighted by Gasteiger charge is 2.33. The van der Waals surface area contributed by atoms with Gasteiger partial charge in [-0.3, -0.25) is 14.5 Å². The van der Waals surface area contributed by atoms with Gasteiger partial charge in [-0.2, -0.15) is 0 Å². The Morgan fingerprint density at radius 3 is 2.60 bits per heavy atom. The van der Waals surface area contributed by atoms with E-state index in [1.165, 1.54) is 11.8 Å². The molecule has 1 atom stereocenters. The summed E-state index contributed by atoms with van der Waals surface area (Å²) in [5.74, 6) is 0.176. The van der Waals surface area contributed by atoms with Crippen molar-refractivity contribution in [1.29, 1.82) is 0 Å². The van der Waals surface area contributed by atoms with Crippen LogP contribution in [0.15, 0.2) is 47.2 Å². The molecule has 2 fully saturated rings. The van der Waals surface area contributed by atoms with Crippen molar-refractivity contribution in [2.75, 3.05) is 32.7 Å². The predicted molar refractivity (Wildman–Crippen MR) is 113 cm³/mol. The predicted octanol–water partition coefficient (Wildman–Crippen LogP) is 2.35. The van der Waals surface area contributed by atoms with Gasteiger partial charge in [0.25, 0.3) is 5.91 Å². The fourth-order valence-electron chi connectivity index (χ4n) is 4.59. The number of rotatable bonds is 6. The highest BCUT2D eigenvalue weighted by Crippen LogP contribution is 2.24. The minimum absolute atomic E-state index is 0.0588.